The zero-order chi connectivity index (χ0) is 90.0. The molecular formula is C75H56O48. The van der Waals surface area contributed by atoms with Crippen molar-refractivity contribution in [1.82, 2.24) is 0 Å². The van der Waals surface area contributed by atoms with Crippen molar-refractivity contribution >= 4 is 53.7 Å². The molecule has 3 aliphatic rings. The first-order valence-corrected chi connectivity index (χ1v) is 34.0. The average molecular weight is 1730 g/mol. The molecule has 48 nitrogen and oxygen atoms in total. The number of carbonyl (C=O) groups is 9. The molecule has 48 heteroatoms. The smallest absolute Gasteiger partial charge is 0.342 e. The van der Waals surface area contributed by atoms with Crippen LogP contribution in [-0.4, -0.2) is 266 Å². The molecule has 644 valence electrons. The number of phenols is 26. The zero-order valence-corrected chi connectivity index (χ0v) is 60.5. The summed E-state index contributed by atoms with van der Waals surface area (Å²) >= 11 is 0. The molecule has 0 spiro atoms. The Kier molecular flexibility index (Phi) is 22.6. The van der Waals surface area contributed by atoms with Crippen LogP contribution in [0.15, 0.2) is 91.0 Å². The maximum absolute atomic E-state index is 15.2. The monoisotopic (exact) mass is 1720 g/mol. The van der Waals surface area contributed by atoms with Gasteiger partial charge in [-0.25, -0.2) is 43.2 Å². The summed E-state index contributed by atoms with van der Waals surface area (Å²) in [5, 5.41) is 289. The number of hydrogen-bond donors (Lipinski definition) is 27. The Morgan fingerprint density at radius 2 is 0.634 bits per heavy atom. The van der Waals surface area contributed by atoms with Gasteiger partial charge in [-0.05, 0) is 78.9 Å². The van der Waals surface area contributed by atoms with Gasteiger partial charge in [0.15, 0.2) is 156 Å². The van der Waals surface area contributed by atoms with E-state index in [4.69, 9.17) is 56.8 Å². The Morgan fingerprint density at radius 3 is 1.05 bits per heavy atom. The number of aromatic hydroxyl groups is 26. The van der Waals surface area contributed by atoms with Crippen LogP contribution >= 0.6 is 0 Å². The van der Waals surface area contributed by atoms with Crippen LogP contribution in [0.3, 0.4) is 0 Å². The van der Waals surface area contributed by atoms with Gasteiger partial charge in [-0.1, -0.05) is 0 Å². The van der Waals surface area contributed by atoms with Gasteiger partial charge in [0.25, 0.3) is 0 Å². The van der Waals surface area contributed by atoms with Crippen molar-refractivity contribution in [2.75, 3.05) is 13.2 Å². The van der Waals surface area contributed by atoms with Gasteiger partial charge in [-0.15, -0.1) is 0 Å². The predicted molar refractivity (Wildman–Crippen MR) is 381 cm³/mol. The molecule has 0 aliphatic carbocycles. The molecule has 3 aliphatic heterocycles. The van der Waals surface area contributed by atoms with Crippen LogP contribution in [0, 0.1) is 0 Å². The number of cyclic esters (lactones) is 1. The number of rotatable bonds is 17. The Balaban J connectivity index is 0.972. The first-order valence-electron chi connectivity index (χ1n) is 34.0. The second-order valence-electron chi connectivity index (χ2n) is 26.2. The normalized spacial score (nSPS) is 19.1. The second kappa shape index (κ2) is 32.6. The number of carbonyl (C=O) groups excluding carboxylic acids is 9. The number of benzene rings is 9. The van der Waals surface area contributed by atoms with E-state index in [2.05, 4.69) is 0 Å². The lowest BCUT2D eigenvalue weighted by Gasteiger charge is -2.43. The van der Waals surface area contributed by atoms with E-state index in [9.17, 15) is 167 Å². The summed E-state index contributed by atoms with van der Waals surface area (Å²) in [6, 6.07) is 5.90. The summed E-state index contributed by atoms with van der Waals surface area (Å²) in [6.07, 6.45) is -27.3. The molecule has 0 saturated carbocycles. The molecule has 0 radical (unpaired) electrons. The van der Waals surface area contributed by atoms with Gasteiger partial charge in [0, 0.05) is 23.3 Å². The van der Waals surface area contributed by atoms with Gasteiger partial charge in [-0.2, -0.15) is 0 Å². The van der Waals surface area contributed by atoms with E-state index in [1.807, 2.05) is 0 Å². The molecule has 9 aromatic rings. The van der Waals surface area contributed by atoms with E-state index in [0.717, 1.165) is 0 Å². The number of aliphatic hydroxyl groups excluding tert-OH is 1. The summed E-state index contributed by atoms with van der Waals surface area (Å²) in [7, 11) is 0. The van der Waals surface area contributed by atoms with Gasteiger partial charge in [-0.3, -0.25) is 0 Å². The predicted octanol–water partition coefficient (Wildman–Crippen LogP) is 2.77. The average Bonchev–Trinajstić information content (AvgIpc) is 1.64. The third kappa shape index (κ3) is 16.2. The standard InChI is InChI=1S/C75H56O48/c76-27-1-18(2-28(77)46(27)90)65(103)112-16-42-55(99)61(118-66(104)19-3-29(78)47(91)30(79)4-19)63(74(115-42)122-69(107)22-9-35(84)50(94)36(85)10-22)121-73(111)26-14-40(89)53(97)58(102)59(26)114-41-15-25-45(57(101)54(41)98)44-24(13-39(88)52(96)56(44)100)72(110)117-60-43(17-113-71(25)109)116-75(123-70(108)23-11-37(86)51(95)38(87)12-23)64(120-68(106)21-7-33(82)49(93)34(83)8-21)62(60)119-67(105)20-5-31(80)48(92)32(81)6-20/h1-15,42-43,55,60-64,74-102H,16-17H2/t42-,43-,55-,60-,61+,62+,63-,64-,74+,75+/m1/s1. The Morgan fingerprint density at radius 1 is 0.317 bits per heavy atom. The lowest BCUT2D eigenvalue weighted by molar-refractivity contribution is -0.283. The van der Waals surface area contributed by atoms with E-state index in [0.29, 0.717) is 72.8 Å². The maximum atomic E-state index is 15.2. The third-order valence-corrected chi connectivity index (χ3v) is 18.3. The van der Waals surface area contributed by atoms with Crippen molar-refractivity contribution in [3.05, 3.63) is 141 Å². The van der Waals surface area contributed by atoms with Crippen LogP contribution < -0.4 is 4.74 Å². The molecule has 9 aromatic carbocycles. The number of esters is 9. The zero-order valence-electron chi connectivity index (χ0n) is 60.5. The van der Waals surface area contributed by atoms with Crippen LogP contribution in [-0.2, 0) is 52.1 Å². The molecule has 0 aromatic heterocycles. The van der Waals surface area contributed by atoms with Gasteiger partial charge in [0.2, 0.25) is 47.8 Å². The number of aliphatic hydroxyl groups is 1. The second-order valence-corrected chi connectivity index (χ2v) is 26.2. The van der Waals surface area contributed by atoms with Crippen molar-refractivity contribution in [3.8, 4) is 172 Å². The fourth-order valence-corrected chi connectivity index (χ4v) is 12.2. The molecule has 27 N–H and O–H groups in total. The Labute approximate surface area is 677 Å². The molecule has 2 fully saturated rings. The SMILES string of the molecule is O=C(OC[C@H]1O[C@@H](OC(=O)c2cc(O)c(O)c(O)c2)[C@H](OC(=O)c2cc(O)c(O)c(O)c2Oc2cc3c(c(O)c2O)-c2c(cc(O)c(O)c2O)C(=O)O[C@H]2[C@H](OC(=O)c4cc(O)c(O)c(O)c4)[C@@H](OC(=O)c4cc(O)c(O)c(O)c4)[C@H](OC(=O)c4cc(O)c(O)c(O)c4)O[C@@H]2COC3=O)[C@@H](OC(=O)c2cc(O)c(O)c(O)c2)[C@@H]1O)c1cc(O)c(O)c(O)c1. The van der Waals surface area contributed by atoms with E-state index < -0.39 is 351 Å². The molecule has 3 heterocycles. The molecule has 0 unspecified atom stereocenters. The van der Waals surface area contributed by atoms with E-state index >= 15 is 14.4 Å². The highest BCUT2D eigenvalue weighted by Crippen LogP contribution is 2.57. The molecule has 0 amide bonds. The molecule has 123 heavy (non-hydrogen) atoms. The minimum atomic E-state index is -2.90. The fourth-order valence-electron chi connectivity index (χ4n) is 12.2. The van der Waals surface area contributed by atoms with Crippen LogP contribution in [0.4, 0.5) is 0 Å². The van der Waals surface area contributed by atoms with Crippen molar-refractivity contribution < 1.29 is 238 Å². The number of phenolic OH excluding ortho intramolecular Hbond substituents is 26. The van der Waals surface area contributed by atoms with Gasteiger partial charge in [0.05, 0.1) is 44.5 Å². The third-order valence-electron chi connectivity index (χ3n) is 18.3. The summed E-state index contributed by atoms with van der Waals surface area (Å²) in [6.45, 7) is -3.00. The minimum Gasteiger partial charge on any atom is -0.504 e. The summed E-state index contributed by atoms with van der Waals surface area (Å²) in [5.41, 5.74) is -12.9. The highest BCUT2D eigenvalue weighted by molar-refractivity contribution is 6.09. The lowest BCUT2D eigenvalue weighted by Crippen LogP contribution is -2.63. The number of hydrogen-bond acceptors (Lipinski definition) is 48. The lowest BCUT2D eigenvalue weighted by atomic mass is 9.91. The van der Waals surface area contributed by atoms with Crippen molar-refractivity contribution in [2.24, 2.45) is 0 Å². The van der Waals surface area contributed by atoms with Crippen molar-refractivity contribution in [1.29, 1.82) is 0 Å². The van der Waals surface area contributed by atoms with Crippen molar-refractivity contribution in [3.63, 3.8) is 0 Å². The summed E-state index contributed by atoms with van der Waals surface area (Å²) < 4.78 is 67.4. The highest BCUT2D eigenvalue weighted by atomic mass is 16.8. The first-order chi connectivity index (χ1) is 57.8. The van der Waals surface area contributed by atoms with Gasteiger partial charge < -0.3 is 195 Å². The van der Waals surface area contributed by atoms with E-state index in [1.54, 1.807) is 0 Å². The molecule has 10 atom stereocenters. The summed E-state index contributed by atoms with van der Waals surface area (Å²) in [4.78, 5) is 130. The van der Waals surface area contributed by atoms with Crippen LogP contribution in [0.2, 0.25) is 0 Å². The highest BCUT2D eigenvalue weighted by Gasteiger charge is 2.57. The molecule has 12 rings (SSSR count). The fraction of sp³-hybridized carbons (Fsp3) is 0.160. The largest absolute Gasteiger partial charge is 0.504 e. The quantitative estimate of drug-likeness (QED) is 0.0354. The number of fused-ring (bicyclic) bond motifs is 4. The number of ether oxygens (including phenoxy) is 12. The summed E-state index contributed by atoms with van der Waals surface area (Å²) in [5.74, 6) is -56.2. The van der Waals surface area contributed by atoms with Crippen LogP contribution in [0.25, 0.3) is 11.1 Å². The maximum Gasteiger partial charge on any atom is 0.342 e. The first kappa shape index (κ1) is 85.1. The van der Waals surface area contributed by atoms with Gasteiger partial charge >= 0.3 is 53.7 Å². The minimum absolute atomic E-state index is 0.117. The van der Waals surface area contributed by atoms with Gasteiger partial charge in [0.1, 0.15) is 37.1 Å². The Bertz CT molecular complexity index is 5810. The molecular weight excluding hydrogens is 1670 g/mol. The molecule has 0 bridgehead atoms. The molecule has 2 saturated heterocycles. The van der Waals surface area contributed by atoms with Crippen molar-refractivity contribution in [2.45, 2.75) is 61.4 Å². The van der Waals surface area contributed by atoms with Crippen LogP contribution in [0.5, 0.6) is 161 Å². The van der Waals surface area contributed by atoms with Crippen LogP contribution in [0.1, 0.15) is 93.2 Å². The van der Waals surface area contributed by atoms with E-state index in [1.165, 1.54) is 0 Å². The van der Waals surface area contributed by atoms with E-state index in [-0.39, 0.29) is 18.2 Å². The topological polar surface area (TPSA) is 811 Å². The Hall–Kier alpha value is -17.3.